The monoisotopic (exact) mass is 244 g/mol. The van der Waals surface area contributed by atoms with Crippen LogP contribution in [0.1, 0.15) is 30.4 Å². The van der Waals surface area contributed by atoms with E-state index in [1.165, 1.54) is 30.4 Å². The van der Waals surface area contributed by atoms with E-state index >= 15 is 0 Å². The summed E-state index contributed by atoms with van der Waals surface area (Å²) < 4.78 is 0. The van der Waals surface area contributed by atoms with Crippen LogP contribution < -0.4 is 5.32 Å². The van der Waals surface area contributed by atoms with E-state index in [0.29, 0.717) is 6.04 Å². The Morgan fingerprint density at radius 2 is 2.00 bits per heavy atom. The molecule has 1 aromatic carbocycles. The molecule has 1 N–H and O–H groups in total. The molecule has 1 saturated carbocycles. The molecule has 1 amide bonds. The summed E-state index contributed by atoms with van der Waals surface area (Å²) >= 11 is 0. The first-order chi connectivity index (χ1) is 8.75. The fourth-order valence-corrected chi connectivity index (χ4v) is 2.83. The summed E-state index contributed by atoms with van der Waals surface area (Å²) in [6, 6.07) is 8.84. The number of fused-ring (bicyclic) bond motifs is 1. The van der Waals surface area contributed by atoms with Gasteiger partial charge in [-0.05, 0) is 36.8 Å². The van der Waals surface area contributed by atoms with Crippen LogP contribution in [-0.4, -0.2) is 29.9 Å². The van der Waals surface area contributed by atoms with Crippen LogP contribution >= 0.6 is 0 Å². The minimum absolute atomic E-state index is 0.0366. The highest BCUT2D eigenvalue weighted by atomic mass is 16.2. The summed E-state index contributed by atoms with van der Waals surface area (Å²) in [5.41, 5.74) is 2.64. The van der Waals surface area contributed by atoms with Crippen molar-refractivity contribution in [2.24, 2.45) is 0 Å². The Bertz CT molecular complexity index is 454. The van der Waals surface area contributed by atoms with Crippen LogP contribution in [0.2, 0.25) is 0 Å². The third kappa shape index (κ3) is 2.03. The highest BCUT2D eigenvalue weighted by molar-refractivity contribution is 5.82. The topological polar surface area (TPSA) is 32.3 Å². The van der Waals surface area contributed by atoms with E-state index in [0.717, 1.165) is 13.0 Å². The average molecular weight is 244 g/mol. The van der Waals surface area contributed by atoms with E-state index in [2.05, 4.69) is 29.6 Å². The zero-order valence-corrected chi connectivity index (χ0v) is 10.9. The van der Waals surface area contributed by atoms with Crippen LogP contribution in [0.4, 0.5) is 0 Å². The van der Waals surface area contributed by atoms with Gasteiger partial charge in [0.1, 0.15) is 0 Å². The molecular weight excluding hydrogens is 224 g/mol. The highest BCUT2D eigenvalue weighted by Gasteiger charge is 2.31. The fourth-order valence-electron chi connectivity index (χ4n) is 2.83. The summed E-state index contributed by atoms with van der Waals surface area (Å²) in [6.45, 7) is 0.811. The van der Waals surface area contributed by atoms with Crippen LogP contribution in [0, 0.1) is 0 Å². The number of nitrogens with one attached hydrogen (secondary N) is 1. The molecule has 1 atom stereocenters. The van der Waals surface area contributed by atoms with Crippen molar-refractivity contribution in [1.29, 1.82) is 0 Å². The Hall–Kier alpha value is -1.35. The van der Waals surface area contributed by atoms with Gasteiger partial charge in [-0.3, -0.25) is 4.79 Å². The number of benzene rings is 1. The molecule has 1 unspecified atom stereocenters. The fraction of sp³-hybridized carbons (Fsp3) is 0.533. The Balaban J connectivity index is 1.69. The number of amides is 1. The Morgan fingerprint density at radius 3 is 2.67 bits per heavy atom. The molecule has 2 aliphatic rings. The predicted molar refractivity (Wildman–Crippen MR) is 71.2 cm³/mol. The van der Waals surface area contributed by atoms with Gasteiger partial charge >= 0.3 is 0 Å². The van der Waals surface area contributed by atoms with E-state index < -0.39 is 0 Å². The van der Waals surface area contributed by atoms with E-state index in [1.54, 1.807) is 0 Å². The molecule has 3 nitrogen and oxygen atoms in total. The van der Waals surface area contributed by atoms with E-state index in [4.69, 9.17) is 0 Å². The molecule has 1 aliphatic carbocycles. The summed E-state index contributed by atoms with van der Waals surface area (Å²) in [5, 5.41) is 3.37. The van der Waals surface area contributed by atoms with E-state index in [9.17, 15) is 4.79 Å². The predicted octanol–water partition coefficient (Wildman–Crippen LogP) is 1.71. The van der Waals surface area contributed by atoms with Gasteiger partial charge in [0.15, 0.2) is 0 Å². The van der Waals surface area contributed by atoms with Crippen molar-refractivity contribution in [1.82, 2.24) is 10.2 Å². The first-order valence-corrected chi connectivity index (χ1v) is 6.82. The molecule has 0 bridgehead atoms. The van der Waals surface area contributed by atoms with Crippen molar-refractivity contribution < 1.29 is 4.79 Å². The number of carbonyl (C=O) groups is 1. The van der Waals surface area contributed by atoms with E-state index in [-0.39, 0.29) is 11.9 Å². The average Bonchev–Trinajstić information content (AvgIpc) is 2.35. The molecule has 0 spiro atoms. The lowest BCUT2D eigenvalue weighted by atomic mass is 9.90. The molecule has 0 aromatic heterocycles. The molecule has 0 radical (unpaired) electrons. The molecule has 0 saturated heterocycles. The minimum Gasteiger partial charge on any atom is -0.341 e. The third-order valence-corrected chi connectivity index (χ3v) is 4.35. The lowest BCUT2D eigenvalue weighted by Gasteiger charge is -2.38. The molecule has 1 aliphatic heterocycles. The Morgan fingerprint density at radius 1 is 1.28 bits per heavy atom. The van der Waals surface area contributed by atoms with Gasteiger partial charge in [-0.2, -0.15) is 0 Å². The molecule has 3 rings (SSSR count). The SMILES string of the molecule is CN(C(=O)C1Cc2ccccc2CN1)C1CCC1. The Labute approximate surface area is 108 Å². The highest BCUT2D eigenvalue weighted by Crippen LogP contribution is 2.25. The van der Waals surface area contributed by atoms with Gasteiger partial charge in [0.25, 0.3) is 0 Å². The molecule has 18 heavy (non-hydrogen) atoms. The van der Waals surface area contributed by atoms with Gasteiger partial charge in [0, 0.05) is 19.6 Å². The number of likely N-dealkylation sites (N-methyl/N-ethyl adjacent to an activating group) is 1. The largest absolute Gasteiger partial charge is 0.341 e. The van der Waals surface area contributed by atoms with Gasteiger partial charge in [-0.15, -0.1) is 0 Å². The maximum atomic E-state index is 12.4. The van der Waals surface area contributed by atoms with Gasteiger partial charge < -0.3 is 10.2 Å². The zero-order valence-electron chi connectivity index (χ0n) is 10.9. The van der Waals surface area contributed by atoms with Crippen LogP contribution in [0.5, 0.6) is 0 Å². The maximum Gasteiger partial charge on any atom is 0.240 e. The quantitative estimate of drug-likeness (QED) is 0.859. The van der Waals surface area contributed by atoms with Crippen molar-refractivity contribution in [3.63, 3.8) is 0 Å². The zero-order chi connectivity index (χ0) is 12.5. The van der Waals surface area contributed by atoms with Crippen molar-refractivity contribution in [3.8, 4) is 0 Å². The van der Waals surface area contributed by atoms with Gasteiger partial charge in [0.05, 0.1) is 6.04 Å². The molecule has 1 heterocycles. The number of carbonyl (C=O) groups excluding carboxylic acids is 1. The summed E-state index contributed by atoms with van der Waals surface area (Å²) in [5.74, 6) is 0.259. The summed E-state index contributed by atoms with van der Waals surface area (Å²) in [6.07, 6.45) is 4.44. The minimum atomic E-state index is -0.0366. The first kappa shape index (κ1) is 11.7. The van der Waals surface area contributed by atoms with Crippen LogP contribution in [0.15, 0.2) is 24.3 Å². The lowest BCUT2D eigenvalue weighted by Crippen LogP contribution is -2.52. The summed E-state index contributed by atoms with van der Waals surface area (Å²) in [7, 11) is 1.95. The molecule has 1 fully saturated rings. The number of hydrogen-bond donors (Lipinski definition) is 1. The maximum absolute atomic E-state index is 12.4. The van der Waals surface area contributed by atoms with Gasteiger partial charge in [-0.1, -0.05) is 24.3 Å². The number of rotatable bonds is 2. The van der Waals surface area contributed by atoms with Crippen molar-refractivity contribution >= 4 is 5.91 Å². The smallest absolute Gasteiger partial charge is 0.240 e. The van der Waals surface area contributed by atoms with Crippen molar-refractivity contribution in [2.45, 2.75) is 44.3 Å². The van der Waals surface area contributed by atoms with Gasteiger partial charge in [0.2, 0.25) is 5.91 Å². The van der Waals surface area contributed by atoms with Crippen molar-refractivity contribution in [3.05, 3.63) is 35.4 Å². The first-order valence-electron chi connectivity index (χ1n) is 6.82. The second-order valence-corrected chi connectivity index (χ2v) is 5.44. The van der Waals surface area contributed by atoms with Crippen LogP contribution in [-0.2, 0) is 17.8 Å². The lowest BCUT2D eigenvalue weighted by molar-refractivity contribution is -0.135. The third-order valence-electron chi connectivity index (χ3n) is 4.35. The van der Waals surface area contributed by atoms with Gasteiger partial charge in [-0.25, -0.2) is 0 Å². The molecule has 3 heteroatoms. The second-order valence-electron chi connectivity index (χ2n) is 5.44. The molecule has 96 valence electrons. The molecular formula is C15H20N2O. The van der Waals surface area contributed by atoms with E-state index in [1.807, 2.05) is 11.9 Å². The van der Waals surface area contributed by atoms with Crippen molar-refractivity contribution in [2.75, 3.05) is 7.05 Å². The van der Waals surface area contributed by atoms with Crippen LogP contribution in [0.25, 0.3) is 0 Å². The normalized spacial score (nSPS) is 23.1. The Kier molecular flexibility index (Phi) is 3.08. The standard InChI is InChI=1S/C15H20N2O/c1-17(13-7-4-8-13)15(18)14-9-11-5-2-3-6-12(11)10-16-14/h2-3,5-6,13-14,16H,4,7-10H2,1H3. The second kappa shape index (κ2) is 4.73. The number of nitrogens with zero attached hydrogens (tertiary/aromatic N) is 1. The number of hydrogen-bond acceptors (Lipinski definition) is 2. The van der Waals surface area contributed by atoms with Crippen LogP contribution in [0.3, 0.4) is 0 Å². The summed E-state index contributed by atoms with van der Waals surface area (Å²) in [4.78, 5) is 14.4. The molecule has 1 aromatic rings.